The molecule has 6 nitrogen and oxygen atoms in total. The molecule has 0 N–H and O–H groups in total. The summed E-state index contributed by atoms with van der Waals surface area (Å²) in [7, 11) is 0. The molecule has 2 aromatic rings. The number of carbonyl (C=O) groups is 2. The molecule has 0 saturated carbocycles. The van der Waals surface area contributed by atoms with Crippen molar-refractivity contribution in [3.05, 3.63) is 59.7 Å². The molecule has 0 aromatic heterocycles. The van der Waals surface area contributed by atoms with E-state index in [-0.39, 0.29) is 11.9 Å². The van der Waals surface area contributed by atoms with Crippen LogP contribution in [0.4, 0.5) is 0 Å². The van der Waals surface area contributed by atoms with E-state index in [4.69, 9.17) is 9.47 Å². The molecule has 270 valence electrons. The zero-order chi connectivity index (χ0) is 34.7. The minimum absolute atomic E-state index is 0.121. The lowest BCUT2D eigenvalue weighted by Crippen LogP contribution is -2.27. The maximum absolute atomic E-state index is 12.4. The second kappa shape index (κ2) is 27.2. The van der Waals surface area contributed by atoms with Crippen molar-refractivity contribution in [1.29, 1.82) is 0 Å². The van der Waals surface area contributed by atoms with Crippen LogP contribution in [0.3, 0.4) is 0 Å². The number of nitrogens with zero attached hydrogens (tertiary/aromatic N) is 2. The van der Waals surface area contributed by atoms with Crippen molar-refractivity contribution in [3.63, 3.8) is 0 Å². The van der Waals surface area contributed by atoms with Crippen molar-refractivity contribution in [1.82, 2.24) is 9.80 Å². The lowest BCUT2D eigenvalue weighted by Gasteiger charge is -2.22. The van der Waals surface area contributed by atoms with Crippen LogP contribution < -0.4 is 0 Å². The molecule has 2 rings (SSSR count). The maximum Gasteiger partial charge on any atom is 0.306 e. The normalized spacial score (nSPS) is 11.4. The molecule has 0 aliphatic rings. The highest BCUT2D eigenvalue weighted by Gasteiger charge is 2.10. The van der Waals surface area contributed by atoms with Gasteiger partial charge in [0.05, 0.1) is 0 Å². The Morgan fingerprint density at radius 2 is 0.729 bits per heavy atom. The topological polar surface area (TPSA) is 59.1 Å². The van der Waals surface area contributed by atoms with E-state index >= 15 is 0 Å². The summed E-state index contributed by atoms with van der Waals surface area (Å²) in [5.41, 5.74) is 4.17. The third kappa shape index (κ3) is 19.3. The molecule has 0 atom stereocenters. The van der Waals surface area contributed by atoms with Gasteiger partial charge in [0.25, 0.3) is 0 Å². The highest BCUT2D eigenvalue weighted by atomic mass is 16.5. The van der Waals surface area contributed by atoms with Crippen LogP contribution in [0.5, 0.6) is 0 Å². The first-order chi connectivity index (χ1) is 23.5. The molecule has 0 fully saturated rings. The van der Waals surface area contributed by atoms with E-state index in [2.05, 4.69) is 61.8 Å². The summed E-state index contributed by atoms with van der Waals surface area (Å²) in [6.45, 7) is 16.0. The number of unbranched alkanes of at least 4 members (excludes halogenated alkanes) is 8. The van der Waals surface area contributed by atoms with Gasteiger partial charge in [-0.05, 0) is 100 Å². The SMILES string of the molecule is CCCCCN(CCCCC)CCCC(=O)OCc1ccc(-c2ccc(COC(=O)CCCN(CCCCC)CCCCC)cc2)cc1. The van der Waals surface area contributed by atoms with Crippen molar-refractivity contribution >= 4 is 11.9 Å². The highest BCUT2D eigenvalue weighted by Crippen LogP contribution is 2.21. The van der Waals surface area contributed by atoms with E-state index in [1.807, 2.05) is 24.3 Å². The fourth-order valence-corrected chi connectivity index (χ4v) is 5.97. The molecule has 48 heavy (non-hydrogen) atoms. The van der Waals surface area contributed by atoms with Gasteiger partial charge in [0.2, 0.25) is 0 Å². The molecule has 0 radical (unpaired) electrons. The van der Waals surface area contributed by atoms with Crippen molar-refractivity contribution in [2.45, 2.75) is 144 Å². The molecule has 0 aliphatic heterocycles. The fraction of sp³-hybridized carbons (Fsp3) is 0.667. The smallest absolute Gasteiger partial charge is 0.306 e. The Labute approximate surface area is 294 Å². The average Bonchev–Trinajstić information content (AvgIpc) is 3.10. The van der Waals surface area contributed by atoms with Crippen molar-refractivity contribution < 1.29 is 19.1 Å². The fourth-order valence-electron chi connectivity index (χ4n) is 5.97. The minimum Gasteiger partial charge on any atom is -0.461 e. The lowest BCUT2D eigenvalue weighted by molar-refractivity contribution is -0.146. The second-order valence-corrected chi connectivity index (χ2v) is 13.4. The Morgan fingerprint density at radius 1 is 0.438 bits per heavy atom. The van der Waals surface area contributed by atoms with Crippen LogP contribution in [0.25, 0.3) is 11.1 Å². The number of hydrogen-bond donors (Lipinski definition) is 0. The van der Waals surface area contributed by atoms with Crippen molar-refractivity contribution in [2.24, 2.45) is 0 Å². The maximum atomic E-state index is 12.4. The Bertz CT molecular complexity index is 978. The Kier molecular flexibility index (Phi) is 23.5. The third-order valence-electron chi connectivity index (χ3n) is 9.06. The summed E-state index contributed by atoms with van der Waals surface area (Å²) in [6, 6.07) is 16.4. The van der Waals surface area contributed by atoms with Gasteiger partial charge in [0.1, 0.15) is 13.2 Å². The quantitative estimate of drug-likeness (QED) is 0.0637. The molecule has 0 aliphatic carbocycles. The molecular formula is C42H68N2O4. The molecule has 6 heteroatoms. The summed E-state index contributed by atoms with van der Waals surface area (Å²) in [4.78, 5) is 29.9. The average molecular weight is 665 g/mol. The first-order valence-electron chi connectivity index (χ1n) is 19.4. The van der Waals surface area contributed by atoms with Crippen molar-refractivity contribution in [3.8, 4) is 11.1 Å². The zero-order valence-corrected chi connectivity index (χ0v) is 31.1. The summed E-state index contributed by atoms with van der Waals surface area (Å²) in [5.74, 6) is -0.242. The molecule has 0 amide bonds. The first-order valence-corrected chi connectivity index (χ1v) is 19.4. The summed E-state index contributed by atoms with van der Waals surface area (Å²) in [5, 5.41) is 0. The zero-order valence-electron chi connectivity index (χ0n) is 31.1. The summed E-state index contributed by atoms with van der Waals surface area (Å²) >= 11 is 0. The van der Waals surface area contributed by atoms with Gasteiger partial charge >= 0.3 is 11.9 Å². The van der Waals surface area contributed by atoms with Gasteiger partial charge in [-0.25, -0.2) is 0 Å². The van der Waals surface area contributed by atoms with Gasteiger partial charge in [-0.3, -0.25) is 9.59 Å². The number of rotatable bonds is 29. The Hall–Kier alpha value is -2.70. The van der Waals surface area contributed by atoms with Crippen LogP contribution in [-0.2, 0) is 32.3 Å². The van der Waals surface area contributed by atoms with Crippen LogP contribution in [-0.4, -0.2) is 61.0 Å². The standard InChI is InChI=1S/C42H68N2O4/c1-5-9-13-29-43(30-14-10-6-2)33-17-19-41(45)47-35-37-21-25-39(26-22-37)40-27-23-38(24-28-40)36-48-42(46)20-18-34-44(31-15-11-7-3)32-16-12-8-4/h21-28H,5-20,29-36H2,1-4H3. The molecule has 0 saturated heterocycles. The monoisotopic (exact) mass is 665 g/mol. The number of benzene rings is 2. The highest BCUT2D eigenvalue weighted by molar-refractivity contribution is 5.70. The minimum atomic E-state index is -0.121. The van der Waals surface area contributed by atoms with Gasteiger partial charge in [0, 0.05) is 12.8 Å². The van der Waals surface area contributed by atoms with Gasteiger partial charge in [0.15, 0.2) is 0 Å². The van der Waals surface area contributed by atoms with Crippen LogP contribution in [0.15, 0.2) is 48.5 Å². The predicted molar refractivity (Wildman–Crippen MR) is 201 cm³/mol. The van der Waals surface area contributed by atoms with E-state index < -0.39 is 0 Å². The van der Waals surface area contributed by atoms with E-state index in [1.165, 1.54) is 77.0 Å². The largest absolute Gasteiger partial charge is 0.461 e. The molecule has 0 heterocycles. The lowest BCUT2D eigenvalue weighted by atomic mass is 10.0. The number of hydrogen-bond acceptors (Lipinski definition) is 6. The summed E-state index contributed by atoms with van der Waals surface area (Å²) < 4.78 is 11.2. The number of carbonyl (C=O) groups excluding carboxylic acids is 2. The van der Waals surface area contributed by atoms with E-state index in [9.17, 15) is 9.59 Å². The van der Waals surface area contributed by atoms with Gasteiger partial charge in [-0.2, -0.15) is 0 Å². The van der Waals surface area contributed by atoms with Crippen LogP contribution in [0.2, 0.25) is 0 Å². The van der Waals surface area contributed by atoms with Gasteiger partial charge in [-0.1, -0.05) is 128 Å². The van der Waals surface area contributed by atoms with Crippen molar-refractivity contribution in [2.75, 3.05) is 39.3 Å². The van der Waals surface area contributed by atoms with Crippen LogP contribution >= 0.6 is 0 Å². The van der Waals surface area contributed by atoms with E-state index in [1.54, 1.807) is 0 Å². The second-order valence-electron chi connectivity index (χ2n) is 13.4. The first kappa shape index (κ1) is 41.5. The molecule has 0 spiro atoms. The Balaban J connectivity index is 1.70. The molecule has 0 unspecified atom stereocenters. The van der Waals surface area contributed by atoms with Crippen LogP contribution in [0, 0.1) is 0 Å². The number of esters is 2. The number of ether oxygens (including phenoxy) is 2. The summed E-state index contributed by atoms with van der Waals surface area (Å²) in [6.07, 6.45) is 17.6. The third-order valence-corrected chi connectivity index (χ3v) is 9.06. The molecule has 0 bridgehead atoms. The van der Waals surface area contributed by atoms with Crippen LogP contribution in [0.1, 0.15) is 142 Å². The predicted octanol–water partition coefficient (Wildman–Crippen LogP) is 10.4. The van der Waals surface area contributed by atoms with E-state index in [0.29, 0.717) is 26.1 Å². The molecule has 2 aromatic carbocycles. The Morgan fingerprint density at radius 3 is 1.02 bits per heavy atom. The van der Waals surface area contributed by atoms with Gasteiger partial charge in [-0.15, -0.1) is 0 Å². The molecular weight excluding hydrogens is 596 g/mol. The van der Waals surface area contributed by atoms with Gasteiger partial charge < -0.3 is 19.3 Å². The van der Waals surface area contributed by atoms with E-state index in [0.717, 1.165) is 74.4 Å².